The standard InChI is InChI=1S/C14H11BrFNO2/c15-10-2-1-3-11(16)14(10)17-12-7-19-13-6-8(18)4-5-9(12)13/h1-6,12,17-18H,7H2. The second-order valence-electron chi connectivity index (χ2n) is 4.33. The van der Waals surface area contributed by atoms with Crippen molar-refractivity contribution in [1.29, 1.82) is 0 Å². The summed E-state index contributed by atoms with van der Waals surface area (Å²) in [6.45, 7) is 0.402. The van der Waals surface area contributed by atoms with E-state index in [1.54, 1.807) is 30.3 Å². The summed E-state index contributed by atoms with van der Waals surface area (Å²) in [5.74, 6) is 0.470. The topological polar surface area (TPSA) is 41.5 Å². The summed E-state index contributed by atoms with van der Waals surface area (Å²) in [5.41, 5.74) is 1.32. The molecule has 0 fully saturated rings. The Kier molecular flexibility index (Phi) is 3.06. The first kappa shape index (κ1) is 12.3. The Hall–Kier alpha value is -1.75. The first-order valence-corrected chi connectivity index (χ1v) is 6.61. The number of ether oxygens (including phenoxy) is 1. The first-order chi connectivity index (χ1) is 9.15. The molecule has 2 aromatic carbocycles. The number of para-hydroxylation sites is 1. The average molecular weight is 324 g/mol. The van der Waals surface area contributed by atoms with Crippen molar-refractivity contribution < 1.29 is 14.2 Å². The maximum Gasteiger partial charge on any atom is 0.147 e. The van der Waals surface area contributed by atoms with Crippen molar-refractivity contribution in [2.45, 2.75) is 6.04 Å². The van der Waals surface area contributed by atoms with Crippen LogP contribution in [0, 0.1) is 5.82 Å². The lowest BCUT2D eigenvalue weighted by molar-refractivity contribution is 0.338. The number of fused-ring (bicyclic) bond motifs is 1. The van der Waals surface area contributed by atoms with Crippen molar-refractivity contribution >= 4 is 21.6 Å². The van der Waals surface area contributed by atoms with Crippen LogP contribution in [-0.4, -0.2) is 11.7 Å². The Balaban J connectivity index is 1.91. The van der Waals surface area contributed by atoms with Gasteiger partial charge in [0.2, 0.25) is 0 Å². The molecule has 0 saturated carbocycles. The Morgan fingerprint density at radius 2 is 2.16 bits per heavy atom. The minimum atomic E-state index is -0.318. The number of nitrogens with one attached hydrogen (secondary N) is 1. The summed E-state index contributed by atoms with van der Waals surface area (Å²) < 4.78 is 19.9. The highest BCUT2D eigenvalue weighted by atomic mass is 79.9. The van der Waals surface area contributed by atoms with Gasteiger partial charge in [0, 0.05) is 16.1 Å². The molecule has 0 aliphatic carbocycles. The molecule has 5 heteroatoms. The van der Waals surface area contributed by atoms with Crippen LogP contribution < -0.4 is 10.1 Å². The molecule has 0 aromatic heterocycles. The number of hydrogen-bond donors (Lipinski definition) is 2. The van der Waals surface area contributed by atoms with Gasteiger partial charge < -0.3 is 15.2 Å². The van der Waals surface area contributed by atoms with E-state index in [2.05, 4.69) is 21.2 Å². The van der Waals surface area contributed by atoms with E-state index < -0.39 is 0 Å². The lowest BCUT2D eigenvalue weighted by atomic mass is 10.1. The molecule has 19 heavy (non-hydrogen) atoms. The molecule has 1 atom stereocenters. The average Bonchev–Trinajstić information content (AvgIpc) is 2.76. The van der Waals surface area contributed by atoms with Crippen LogP contribution in [-0.2, 0) is 0 Å². The molecule has 1 heterocycles. The summed E-state index contributed by atoms with van der Waals surface area (Å²) in [7, 11) is 0. The SMILES string of the molecule is Oc1ccc2c(c1)OCC2Nc1c(F)cccc1Br. The maximum atomic E-state index is 13.8. The van der Waals surface area contributed by atoms with Crippen LogP contribution in [0.15, 0.2) is 40.9 Å². The Labute approximate surface area is 118 Å². The highest BCUT2D eigenvalue weighted by molar-refractivity contribution is 9.10. The van der Waals surface area contributed by atoms with Crippen molar-refractivity contribution in [3.63, 3.8) is 0 Å². The van der Waals surface area contributed by atoms with Gasteiger partial charge in [-0.3, -0.25) is 0 Å². The van der Waals surface area contributed by atoms with E-state index in [9.17, 15) is 9.50 Å². The lowest BCUT2D eigenvalue weighted by Gasteiger charge is -2.15. The molecule has 0 amide bonds. The van der Waals surface area contributed by atoms with Gasteiger partial charge in [0.05, 0.1) is 11.7 Å². The third kappa shape index (κ3) is 2.26. The third-order valence-corrected chi connectivity index (χ3v) is 3.72. The van der Waals surface area contributed by atoms with Gasteiger partial charge in [-0.2, -0.15) is 0 Å². The lowest BCUT2D eigenvalue weighted by Crippen LogP contribution is -2.13. The molecule has 3 rings (SSSR count). The van der Waals surface area contributed by atoms with Crippen LogP contribution in [0.1, 0.15) is 11.6 Å². The fourth-order valence-corrected chi connectivity index (χ4v) is 2.58. The zero-order valence-electron chi connectivity index (χ0n) is 9.86. The first-order valence-electron chi connectivity index (χ1n) is 5.81. The van der Waals surface area contributed by atoms with Gasteiger partial charge in [-0.15, -0.1) is 0 Å². The number of phenols is 1. The molecular weight excluding hydrogens is 313 g/mol. The predicted octanol–water partition coefficient (Wildman–Crippen LogP) is 3.84. The minimum absolute atomic E-state index is 0.135. The van der Waals surface area contributed by atoms with Crippen molar-refractivity contribution in [3.05, 3.63) is 52.3 Å². The number of phenolic OH excluding ortho intramolecular Hbond substituents is 1. The molecule has 2 N–H and O–H groups in total. The number of benzene rings is 2. The Bertz CT molecular complexity index is 613. The van der Waals surface area contributed by atoms with Gasteiger partial charge in [0.15, 0.2) is 0 Å². The third-order valence-electron chi connectivity index (χ3n) is 3.06. The van der Waals surface area contributed by atoms with Crippen molar-refractivity contribution in [3.8, 4) is 11.5 Å². The zero-order chi connectivity index (χ0) is 13.4. The van der Waals surface area contributed by atoms with Gasteiger partial charge in [0.25, 0.3) is 0 Å². The monoisotopic (exact) mass is 323 g/mol. The predicted molar refractivity (Wildman–Crippen MR) is 74.1 cm³/mol. The van der Waals surface area contributed by atoms with E-state index >= 15 is 0 Å². The van der Waals surface area contributed by atoms with Gasteiger partial charge in [-0.1, -0.05) is 6.07 Å². The van der Waals surface area contributed by atoms with Crippen LogP contribution >= 0.6 is 15.9 Å². The fourth-order valence-electron chi connectivity index (χ4n) is 2.13. The molecule has 1 unspecified atom stereocenters. The highest BCUT2D eigenvalue weighted by Gasteiger charge is 2.25. The molecule has 0 spiro atoms. The summed E-state index contributed by atoms with van der Waals surface area (Å²) in [4.78, 5) is 0. The minimum Gasteiger partial charge on any atom is -0.508 e. The van der Waals surface area contributed by atoms with Crippen LogP contribution in [0.2, 0.25) is 0 Å². The second kappa shape index (κ2) is 4.74. The molecule has 1 aliphatic rings. The molecule has 2 aromatic rings. The number of halogens is 2. The van der Waals surface area contributed by atoms with E-state index in [-0.39, 0.29) is 17.6 Å². The number of rotatable bonds is 2. The van der Waals surface area contributed by atoms with Crippen LogP contribution in [0.5, 0.6) is 11.5 Å². The summed E-state index contributed by atoms with van der Waals surface area (Å²) >= 11 is 3.32. The van der Waals surface area contributed by atoms with Crippen LogP contribution in [0.4, 0.5) is 10.1 Å². The van der Waals surface area contributed by atoms with Gasteiger partial charge >= 0.3 is 0 Å². The molecular formula is C14H11BrFNO2. The molecule has 3 nitrogen and oxygen atoms in total. The van der Waals surface area contributed by atoms with Gasteiger partial charge in [0.1, 0.15) is 23.9 Å². The Morgan fingerprint density at radius 1 is 1.32 bits per heavy atom. The van der Waals surface area contributed by atoms with Crippen LogP contribution in [0.3, 0.4) is 0 Å². The largest absolute Gasteiger partial charge is 0.508 e. The van der Waals surface area contributed by atoms with E-state index in [1.165, 1.54) is 6.07 Å². The Morgan fingerprint density at radius 3 is 2.95 bits per heavy atom. The summed E-state index contributed by atoms with van der Waals surface area (Å²) in [6.07, 6.45) is 0. The number of aromatic hydroxyl groups is 1. The molecule has 98 valence electrons. The molecule has 0 bridgehead atoms. The summed E-state index contributed by atoms with van der Waals surface area (Å²) in [5, 5.41) is 12.5. The number of anilines is 1. The normalized spacial score (nSPS) is 16.8. The summed E-state index contributed by atoms with van der Waals surface area (Å²) in [6, 6.07) is 9.63. The smallest absolute Gasteiger partial charge is 0.147 e. The van der Waals surface area contributed by atoms with Crippen molar-refractivity contribution in [2.75, 3.05) is 11.9 Å². The maximum absolute atomic E-state index is 13.8. The highest BCUT2D eigenvalue weighted by Crippen LogP contribution is 2.38. The molecule has 1 aliphatic heterocycles. The zero-order valence-corrected chi connectivity index (χ0v) is 11.4. The molecule has 0 radical (unpaired) electrons. The van der Waals surface area contributed by atoms with Gasteiger partial charge in [-0.25, -0.2) is 4.39 Å². The van der Waals surface area contributed by atoms with E-state index in [1.807, 2.05) is 0 Å². The second-order valence-corrected chi connectivity index (χ2v) is 5.18. The van der Waals surface area contributed by atoms with E-state index in [4.69, 9.17) is 4.74 Å². The van der Waals surface area contributed by atoms with Crippen LogP contribution in [0.25, 0.3) is 0 Å². The van der Waals surface area contributed by atoms with Crippen molar-refractivity contribution in [1.82, 2.24) is 0 Å². The van der Waals surface area contributed by atoms with E-state index in [0.717, 1.165) is 5.56 Å². The number of hydrogen-bond acceptors (Lipinski definition) is 3. The quantitative estimate of drug-likeness (QED) is 0.882. The van der Waals surface area contributed by atoms with E-state index in [0.29, 0.717) is 22.5 Å². The van der Waals surface area contributed by atoms with Gasteiger partial charge in [-0.05, 0) is 40.2 Å². The fraction of sp³-hybridized carbons (Fsp3) is 0.143. The van der Waals surface area contributed by atoms with Crippen molar-refractivity contribution in [2.24, 2.45) is 0 Å². The molecule has 0 saturated heterocycles.